The van der Waals surface area contributed by atoms with E-state index in [1.165, 1.54) is 84.2 Å². The summed E-state index contributed by atoms with van der Waals surface area (Å²) >= 11 is 0. The van der Waals surface area contributed by atoms with Crippen LogP contribution in [0.25, 0.3) is 0 Å². The lowest BCUT2D eigenvalue weighted by Crippen LogP contribution is -2.36. The Balaban J connectivity index is 0.000000406. The predicted molar refractivity (Wildman–Crippen MR) is 160 cm³/mol. The molecule has 0 bridgehead atoms. The van der Waals surface area contributed by atoms with Crippen molar-refractivity contribution in [2.45, 2.75) is 109 Å². The summed E-state index contributed by atoms with van der Waals surface area (Å²) in [5.74, 6) is -0.890. The molecule has 0 saturated carbocycles. The van der Waals surface area contributed by atoms with Gasteiger partial charge in [0.15, 0.2) is 11.4 Å². The monoisotopic (exact) mass is 540 g/mol. The highest BCUT2D eigenvalue weighted by atomic mass is 16.5. The maximum atomic E-state index is 12.8. The summed E-state index contributed by atoms with van der Waals surface area (Å²) in [6, 6.07) is 17.2. The Morgan fingerprint density at radius 1 is 0.692 bits per heavy atom. The van der Waals surface area contributed by atoms with Gasteiger partial charge in [-0.1, -0.05) is 139 Å². The van der Waals surface area contributed by atoms with Gasteiger partial charge in [0, 0.05) is 25.2 Å². The third-order valence-electron chi connectivity index (χ3n) is 6.87. The van der Waals surface area contributed by atoms with E-state index in [-0.39, 0.29) is 12.8 Å². The molecule has 39 heavy (non-hydrogen) atoms. The molecule has 1 unspecified atom stereocenters. The van der Waals surface area contributed by atoms with Crippen molar-refractivity contribution >= 4 is 11.8 Å². The number of ether oxygens (including phenoxy) is 2. The van der Waals surface area contributed by atoms with Gasteiger partial charge >= 0.3 is 5.97 Å². The van der Waals surface area contributed by atoms with Crippen LogP contribution in [-0.4, -0.2) is 37.2 Å². The molecule has 5 heteroatoms. The second-order valence-electron chi connectivity index (χ2n) is 10.1. The summed E-state index contributed by atoms with van der Waals surface area (Å²) in [6.45, 7) is 6.51. The molecule has 0 saturated heterocycles. The standard InChI is InChI=1S/C18H18O4.C16H34O/c1-22-16(19)12-13-18(21,15-10-6-3-7-11-15)17(20)14-8-4-2-5-9-14;1-3-5-7-9-11-13-15-17-16-14-12-10-8-6-4-2/h2-11,21H,12-13H2,1H3;3-16H2,1-2H3. The van der Waals surface area contributed by atoms with Gasteiger partial charge in [-0.25, -0.2) is 0 Å². The predicted octanol–water partition coefficient (Wildman–Crippen LogP) is 8.43. The first kappa shape index (κ1) is 34.5. The lowest BCUT2D eigenvalue weighted by atomic mass is 9.82. The fraction of sp³-hybridized carbons (Fsp3) is 0.588. The first-order valence-corrected chi connectivity index (χ1v) is 15.0. The number of carbonyl (C=O) groups is 2. The molecule has 1 atom stereocenters. The summed E-state index contributed by atoms with van der Waals surface area (Å²) in [7, 11) is 1.28. The maximum Gasteiger partial charge on any atom is 0.305 e. The smallest absolute Gasteiger partial charge is 0.305 e. The molecule has 0 aliphatic carbocycles. The highest BCUT2D eigenvalue weighted by Crippen LogP contribution is 2.31. The van der Waals surface area contributed by atoms with Gasteiger partial charge in [-0.2, -0.15) is 0 Å². The number of benzene rings is 2. The number of hydrogen-bond acceptors (Lipinski definition) is 5. The van der Waals surface area contributed by atoms with Gasteiger partial charge in [-0.05, 0) is 24.8 Å². The molecule has 0 radical (unpaired) electrons. The summed E-state index contributed by atoms with van der Waals surface area (Å²) in [5.41, 5.74) is -0.886. The Morgan fingerprint density at radius 2 is 1.15 bits per heavy atom. The fourth-order valence-corrected chi connectivity index (χ4v) is 4.39. The Hall–Kier alpha value is -2.50. The van der Waals surface area contributed by atoms with Crippen LogP contribution < -0.4 is 0 Å². The Kier molecular flexibility index (Phi) is 19.8. The molecule has 2 aromatic rings. The van der Waals surface area contributed by atoms with E-state index < -0.39 is 17.4 Å². The average Bonchev–Trinajstić information content (AvgIpc) is 2.99. The van der Waals surface area contributed by atoms with E-state index >= 15 is 0 Å². The number of carbonyl (C=O) groups excluding carboxylic acids is 2. The Bertz CT molecular complexity index is 854. The SMILES string of the molecule is CCCCCCCCOCCCCCCCC.COC(=O)CCC(O)(C(=O)c1ccccc1)c1ccccc1. The van der Waals surface area contributed by atoms with E-state index in [2.05, 4.69) is 18.6 Å². The largest absolute Gasteiger partial charge is 0.469 e. The quantitative estimate of drug-likeness (QED) is 0.104. The van der Waals surface area contributed by atoms with Crippen LogP contribution in [0.15, 0.2) is 60.7 Å². The van der Waals surface area contributed by atoms with Crippen LogP contribution in [0, 0.1) is 0 Å². The van der Waals surface area contributed by atoms with E-state index in [1.54, 1.807) is 60.7 Å². The number of esters is 1. The Morgan fingerprint density at radius 3 is 1.64 bits per heavy atom. The van der Waals surface area contributed by atoms with Crippen LogP contribution in [0.1, 0.15) is 120 Å². The van der Waals surface area contributed by atoms with Crippen molar-refractivity contribution in [3.63, 3.8) is 0 Å². The van der Waals surface area contributed by atoms with E-state index in [4.69, 9.17) is 4.74 Å². The topological polar surface area (TPSA) is 72.8 Å². The molecule has 0 heterocycles. The molecule has 2 aromatic carbocycles. The second kappa shape index (κ2) is 22.3. The number of ketones is 1. The molecule has 0 spiro atoms. The van der Waals surface area contributed by atoms with Crippen LogP contribution >= 0.6 is 0 Å². The number of hydrogen-bond donors (Lipinski definition) is 1. The summed E-state index contributed by atoms with van der Waals surface area (Å²) in [4.78, 5) is 24.2. The van der Waals surface area contributed by atoms with E-state index in [0.29, 0.717) is 11.1 Å². The van der Waals surface area contributed by atoms with Crippen LogP contribution in [0.5, 0.6) is 0 Å². The number of methoxy groups -OCH3 is 1. The first-order valence-electron chi connectivity index (χ1n) is 15.0. The molecule has 5 nitrogen and oxygen atoms in total. The van der Waals surface area contributed by atoms with Crippen molar-refractivity contribution in [2.24, 2.45) is 0 Å². The number of rotatable bonds is 20. The van der Waals surface area contributed by atoms with Crippen molar-refractivity contribution in [1.82, 2.24) is 0 Å². The molecule has 0 aliphatic heterocycles. The van der Waals surface area contributed by atoms with E-state index in [0.717, 1.165) is 13.2 Å². The van der Waals surface area contributed by atoms with Crippen LogP contribution in [-0.2, 0) is 19.9 Å². The molecular formula is C34H52O5. The third-order valence-corrected chi connectivity index (χ3v) is 6.87. The molecule has 0 aliphatic rings. The average molecular weight is 541 g/mol. The van der Waals surface area contributed by atoms with Crippen molar-refractivity contribution in [3.05, 3.63) is 71.8 Å². The lowest BCUT2D eigenvalue weighted by Gasteiger charge is -2.27. The minimum absolute atomic E-state index is 0.0303. The second-order valence-corrected chi connectivity index (χ2v) is 10.1. The van der Waals surface area contributed by atoms with Crippen molar-refractivity contribution in [3.8, 4) is 0 Å². The minimum atomic E-state index is -1.75. The lowest BCUT2D eigenvalue weighted by molar-refractivity contribution is -0.141. The fourth-order valence-electron chi connectivity index (χ4n) is 4.39. The van der Waals surface area contributed by atoms with Gasteiger partial charge in [0.2, 0.25) is 0 Å². The van der Waals surface area contributed by atoms with Crippen molar-refractivity contribution < 1.29 is 24.2 Å². The molecule has 0 aromatic heterocycles. The van der Waals surface area contributed by atoms with Gasteiger partial charge in [0.05, 0.1) is 7.11 Å². The number of Topliss-reactive ketones (excluding diaryl/α,β-unsaturated/α-hetero) is 1. The number of aliphatic hydroxyl groups is 1. The summed E-state index contributed by atoms with van der Waals surface area (Å²) in [5, 5.41) is 11.0. The summed E-state index contributed by atoms with van der Waals surface area (Å²) in [6.07, 6.45) is 16.3. The Labute approximate surface area is 237 Å². The minimum Gasteiger partial charge on any atom is -0.469 e. The molecule has 2 rings (SSSR count). The zero-order valence-corrected chi connectivity index (χ0v) is 24.7. The normalized spacial score (nSPS) is 12.2. The molecule has 1 N–H and O–H groups in total. The van der Waals surface area contributed by atoms with Crippen LogP contribution in [0.2, 0.25) is 0 Å². The molecule has 0 amide bonds. The first-order chi connectivity index (χ1) is 19.0. The van der Waals surface area contributed by atoms with Gasteiger partial charge in [-0.3, -0.25) is 9.59 Å². The zero-order chi connectivity index (χ0) is 28.6. The third kappa shape index (κ3) is 15.0. The van der Waals surface area contributed by atoms with Crippen LogP contribution in [0.4, 0.5) is 0 Å². The molecule has 0 fully saturated rings. The van der Waals surface area contributed by atoms with Crippen molar-refractivity contribution in [2.75, 3.05) is 20.3 Å². The van der Waals surface area contributed by atoms with Gasteiger partial charge < -0.3 is 14.6 Å². The van der Waals surface area contributed by atoms with Gasteiger partial charge in [0.25, 0.3) is 0 Å². The van der Waals surface area contributed by atoms with Gasteiger partial charge in [0.1, 0.15) is 0 Å². The van der Waals surface area contributed by atoms with E-state index in [9.17, 15) is 14.7 Å². The highest BCUT2D eigenvalue weighted by Gasteiger charge is 2.38. The molecular weight excluding hydrogens is 488 g/mol. The van der Waals surface area contributed by atoms with Crippen LogP contribution in [0.3, 0.4) is 0 Å². The zero-order valence-electron chi connectivity index (χ0n) is 24.7. The summed E-state index contributed by atoms with van der Waals surface area (Å²) < 4.78 is 10.3. The highest BCUT2D eigenvalue weighted by molar-refractivity contribution is 6.03. The maximum absolute atomic E-state index is 12.8. The number of unbranched alkanes of at least 4 members (excludes halogenated alkanes) is 10. The van der Waals surface area contributed by atoms with E-state index in [1.807, 2.05) is 0 Å². The van der Waals surface area contributed by atoms with Crippen molar-refractivity contribution in [1.29, 1.82) is 0 Å². The van der Waals surface area contributed by atoms with Gasteiger partial charge in [-0.15, -0.1) is 0 Å². The molecule has 218 valence electrons.